The minimum Gasteiger partial charge on any atom is -0.503 e. The predicted octanol–water partition coefficient (Wildman–Crippen LogP) is 2.78. The Morgan fingerprint density at radius 3 is 2.50 bits per heavy atom. The second-order valence-corrected chi connectivity index (χ2v) is 3.48. The third-order valence-corrected chi connectivity index (χ3v) is 2.90. The Labute approximate surface area is 80.3 Å². The Morgan fingerprint density at radius 1 is 1.42 bits per heavy atom. The molecule has 2 nitrogen and oxygen atoms in total. The number of ether oxygens (including phenoxy) is 1. The van der Waals surface area contributed by atoms with E-state index in [-0.39, 0.29) is 5.75 Å². The highest BCUT2D eigenvalue weighted by Gasteiger charge is 2.10. The lowest BCUT2D eigenvalue weighted by molar-refractivity contribution is 0.371. The van der Waals surface area contributed by atoms with Gasteiger partial charge in [0, 0.05) is 0 Å². The smallest absolute Gasteiger partial charge is 0.172 e. The summed E-state index contributed by atoms with van der Waals surface area (Å²) in [6, 6.07) is 1.81. The molecule has 66 valence electrons. The molecule has 12 heavy (non-hydrogen) atoms. The molecule has 0 fully saturated rings. The second kappa shape index (κ2) is 3.35. The van der Waals surface area contributed by atoms with Gasteiger partial charge in [-0.05, 0) is 47.0 Å². The van der Waals surface area contributed by atoms with Crippen LogP contribution < -0.4 is 4.74 Å². The van der Waals surface area contributed by atoms with Crippen LogP contribution in [0.25, 0.3) is 0 Å². The molecule has 0 heterocycles. The Hall–Kier alpha value is -0.700. The number of benzene rings is 1. The standard InChI is InChI=1S/C9H11BrO2/c1-5-4-7(12-3)9(11)8(10)6(5)2/h4,11H,1-3H3. The molecule has 1 aromatic carbocycles. The van der Waals surface area contributed by atoms with E-state index in [0.29, 0.717) is 10.2 Å². The number of rotatable bonds is 1. The van der Waals surface area contributed by atoms with Crippen LogP contribution in [0.3, 0.4) is 0 Å². The largest absolute Gasteiger partial charge is 0.503 e. The lowest BCUT2D eigenvalue weighted by atomic mass is 10.1. The highest BCUT2D eigenvalue weighted by atomic mass is 79.9. The van der Waals surface area contributed by atoms with E-state index in [0.717, 1.165) is 11.1 Å². The summed E-state index contributed by atoms with van der Waals surface area (Å²) in [5.74, 6) is 0.672. The number of phenols is 1. The van der Waals surface area contributed by atoms with Crippen molar-refractivity contribution in [1.29, 1.82) is 0 Å². The number of aryl methyl sites for hydroxylation is 1. The molecule has 0 bridgehead atoms. The Bertz CT molecular complexity index is 308. The second-order valence-electron chi connectivity index (χ2n) is 2.68. The predicted molar refractivity (Wildman–Crippen MR) is 51.8 cm³/mol. The van der Waals surface area contributed by atoms with E-state index in [4.69, 9.17) is 4.74 Å². The van der Waals surface area contributed by atoms with Crippen molar-refractivity contribution in [1.82, 2.24) is 0 Å². The molecule has 1 N–H and O–H groups in total. The first-order chi connectivity index (χ1) is 5.57. The highest BCUT2D eigenvalue weighted by Crippen LogP contribution is 2.37. The lowest BCUT2D eigenvalue weighted by Crippen LogP contribution is -1.89. The molecule has 0 unspecified atom stereocenters. The molecular formula is C9H11BrO2. The van der Waals surface area contributed by atoms with Gasteiger partial charge < -0.3 is 9.84 Å². The van der Waals surface area contributed by atoms with Gasteiger partial charge in [0.25, 0.3) is 0 Å². The fraction of sp³-hybridized carbons (Fsp3) is 0.333. The van der Waals surface area contributed by atoms with Gasteiger partial charge in [-0.25, -0.2) is 0 Å². The van der Waals surface area contributed by atoms with Crippen LogP contribution in [0, 0.1) is 13.8 Å². The molecule has 3 heteroatoms. The zero-order valence-corrected chi connectivity index (χ0v) is 8.90. The van der Waals surface area contributed by atoms with Gasteiger partial charge in [0.1, 0.15) is 0 Å². The summed E-state index contributed by atoms with van der Waals surface area (Å²) in [6.07, 6.45) is 0. The molecule has 0 amide bonds. The van der Waals surface area contributed by atoms with E-state index in [9.17, 15) is 5.11 Å². The van der Waals surface area contributed by atoms with Crippen LogP contribution in [0.4, 0.5) is 0 Å². The van der Waals surface area contributed by atoms with Gasteiger partial charge in [-0.15, -0.1) is 0 Å². The number of methoxy groups -OCH3 is 1. The number of hydrogen-bond acceptors (Lipinski definition) is 2. The van der Waals surface area contributed by atoms with Crippen molar-refractivity contribution in [3.63, 3.8) is 0 Å². The van der Waals surface area contributed by atoms with Crippen molar-refractivity contribution < 1.29 is 9.84 Å². The number of halogens is 1. The van der Waals surface area contributed by atoms with Gasteiger partial charge in [-0.1, -0.05) is 0 Å². The van der Waals surface area contributed by atoms with Crippen LogP contribution in [0.5, 0.6) is 11.5 Å². The topological polar surface area (TPSA) is 29.5 Å². The zero-order valence-electron chi connectivity index (χ0n) is 7.31. The minimum atomic E-state index is 0.167. The van der Waals surface area contributed by atoms with Gasteiger partial charge in [0.05, 0.1) is 11.6 Å². The van der Waals surface area contributed by atoms with E-state index in [1.165, 1.54) is 7.11 Å². The van der Waals surface area contributed by atoms with Crippen LogP contribution in [-0.2, 0) is 0 Å². The molecule has 0 saturated carbocycles. The van der Waals surface area contributed by atoms with Gasteiger partial charge in [-0.2, -0.15) is 0 Å². The van der Waals surface area contributed by atoms with Crippen molar-refractivity contribution >= 4 is 15.9 Å². The molecule has 0 radical (unpaired) electrons. The maximum atomic E-state index is 9.53. The van der Waals surface area contributed by atoms with E-state index in [1.54, 1.807) is 0 Å². The van der Waals surface area contributed by atoms with Crippen LogP contribution in [-0.4, -0.2) is 12.2 Å². The molecule has 1 aromatic rings. The van der Waals surface area contributed by atoms with E-state index in [2.05, 4.69) is 15.9 Å². The van der Waals surface area contributed by atoms with Crippen molar-refractivity contribution in [2.24, 2.45) is 0 Å². The van der Waals surface area contributed by atoms with E-state index in [1.807, 2.05) is 19.9 Å². The minimum absolute atomic E-state index is 0.167. The first kappa shape index (κ1) is 9.39. The van der Waals surface area contributed by atoms with Crippen molar-refractivity contribution in [2.45, 2.75) is 13.8 Å². The van der Waals surface area contributed by atoms with Crippen LogP contribution >= 0.6 is 15.9 Å². The third-order valence-electron chi connectivity index (χ3n) is 1.93. The first-order valence-electron chi connectivity index (χ1n) is 3.60. The molecule has 0 aromatic heterocycles. The number of aromatic hydroxyl groups is 1. The van der Waals surface area contributed by atoms with E-state index >= 15 is 0 Å². The average molecular weight is 231 g/mol. The summed E-state index contributed by atoms with van der Waals surface area (Å²) in [5.41, 5.74) is 2.13. The normalized spacial score (nSPS) is 10.0. The molecule has 0 saturated heterocycles. The Balaban J connectivity index is 3.39. The summed E-state index contributed by atoms with van der Waals surface area (Å²) in [5, 5.41) is 9.53. The van der Waals surface area contributed by atoms with Gasteiger partial charge >= 0.3 is 0 Å². The first-order valence-corrected chi connectivity index (χ1v) is 4.40. The highest BCUT2D eigenvalue weighted by molar-refractivity contribution is 9.10. The molecule has 0 aliphatic carbocycles. The number of phenolic OH excluding ortho intramolecular Hbond substituents is 1. The average Bonchev–Trinajstić information content (AvgIpc) is 2.08. The summed E-state index contributed by atoms with van der Waals surface area (Å²) in [7, 11) is 1.54. The summed E-state index contributed by atoms with van der Waals surface area (Å²) >= 11 is 3.29. The zero-order chi connectivity index (χ0) is 9.30. The van der Waals surface area contributed by atoms with Gasteiger partial charge in [0.15, 0.2) is 11.5 Å². The fourth-order valence-corrected chi connectivity index (χ4v) is 1.50. The van der Waals surface area contributed by atoms with Gasteiger partial charge in [0.2, 0.25) is 0 Å². The van der Waals surface area contributed by atoms with Crippen LogP contribution in [0.2, 0.25) is 0 Å². The maximum Gasteiger partial charge on any atom is 0.172 e. The van der Waals surface area contributed by atoms with Gasteiger partial charge in [-0.3, -0.25) is 0 Å². The lowest BCUT2D eigenvalue weighted by Gasteiger charge is -2.09. The SMILES string of the molecule is COc1cc(C)c(C)c(Br)c1O. The number of hydrogen-bond donors (Lipinski definition) is 1. The molecule has 0 aliphatic heterocycles. The molecule has 1 rings (SSSR count). The Kier molecular flexibility index (Phi) is 2.62. The maximum absolute atomic E-state index is 9.53. The summed E-state index contributed by atoms with van der Waals surface area (Å²) < 4.78 is 5.69. The Morgan fingerprint density at radius 2 is 2.00 bits per heavy atom. The monoisotopic (exact) mass is 230 g/mol. The molecule has 0 aliphatic rings. The van der Waals surface area contributed by atoms with Crippen molar-refractivity contribution in [2.75, 3.05) is 7.11 Å². The molecule has 0 atom stereocenters. The van der Waals surface area contributed by atoms with Crippen LogP contribution in [0.1, 0.15) is 11.1 Å². The van der Waals surface area contributed by atoms with Crippen LogP contribution in [0.15, 0.2) is 10.5 Å². The molecular weight excluding hydrogens is 220 g/mol. The fourth-order valence-electron chi connectivity index (χ4n) is 0.988. The van der Waals surface area contributed by atoms with Crippen molar-refractivity contribution in [3.05, 3.63) is 21.7 Å². The van der Waals surface area contributed by atoms with E-state index < -0.39 is 0 Å². The summed E-state index contributed by atoms with van der Waals surface area (Å²) in [4.78, 5) is 0. The quantitative estimate of drug-likeness (QED) is 0.805. The summed E-state index contributed by atoms with van der Waals surface area (Å²) in [6.45, 7) is 3.92. The van der Waals surface area contributed by atoms with Crippen molar-refractivity contribution in [3.8, 4) is 11.5 Å². The molecule has 0 spiro atoms. The third kappa shape index (κ3) is 1.41.